The van der Waals surface area contributed by atoms with Crippen molar-refractivity contribution in [2.24, 2.45) is 5.92 Å². The largest absolute Gasteiger partial charge is 0.343 e. The summed E-state index contributed by atoms with van der Waals surface area (Å²) < 4.78 is 0. The number of carbonyl (C=O) groups is 2. The Morgan fingerprint density at radius 2 is 1.56 bits per heavy atom. The predicted octanol–water partition coefficient (Wildman–Crippen LogP) is 2.52. The Kier molecular flexibility index (Phi) is 7.48. The number of likely N-dealkylation sites (tertiary alicyclic amines) is 2. The molecular weight excluding hydrogens is 314 g/mol. The van der Waals surface area contributed by atoms with Gasteiger partial charge in [-0.15, -0.1) is 0 Å². The molecule has 0 aromatic carbocycles. The van der Waals surface area contributed by atoms with Crippen LogP contribution in [0.4, 0.5) is 0 Å². The highest BCUT2D eigenvalue weighted by atomic mass is 16.2. The molecule has 2 amide bonds. The molecule has 0 radical (unpaired) electrons. The van der Waals surface area contributed by atoms with E-state index >= 15 is 0 Å². The highest BCUT2D eigenvalue weighted by molar-refractivity contribution is 5.92. The quantitative estimate of drug-likeness (QED) is 0.717. The topological polar surface area (TPSA) is 43.9 Å². The van der Waals surface area contributed by atoms with Crippen LogP contribution in [0.2, 0.25) is 0 Å². The monoisotopic (exact) mass is 349 g/mol. The second kappa shape index (κ2) is 9.37. The Balaban J connectivity index is 1.74. The van der Waals surface area contributed by atoms with Gasteiger partial charge in [0.15, 0.2) is 0 Å². The van der Waals surface area contributed by atoms with Gasteiger partial charge in [0, 0.05) is 44.2 Å². The summed E-state index contributed by atoms with van der Waals surface area (Å²) in [5.41, 5.74) is 0.848. The maximum absolute atomic E-state index is 12.6. The van der Waals surface area contributed by atoms with E-state index in [4.69, 9.17) is 0 Å². The standard InChI is InChI=1S/C20H35N3O2/c1-5-6-16(2)20(25)23-11-7-17(8-12-23)15-19(24)22-13-9-18(10-14-22)21(3)4/h6,17-18H,5,7-15H2,1-4H3/b16-6+. The summed E-state index contributed by atoms with van der Waals surface area (Å²) in [6, 6.07) is 0.609. The van der Waals surface area contributed by atoms with E-state index < -0.39 is 0 Å². The average molecular weight is 350 g/mol. The van der Waals surface area contributed by atoms with Crippen molar-refractivity contribution in [1.29, 1.82) is 0 Å². The van der Waals surface area contributed by atoms with Gasteiger partial charge in [-0.3, -0.25) is 9.59 Å². The third-order valence-electron chi connectivity index (χ3n) is 5.76. The summed E-state index contributed by atoms with van der Waals surface area (Å²) in [4.78, 5) is 31.2. The van der Waals surface area contributed by atoms with Crippen molar-refractivity contribution in [2.75, 3.05) is 40.3 Å². The van der Waals surface area contributed by atoms with Crippen LogP contribution in [0.15, 0.2) is 11.6 Å². The van der Waals surface area contributed by atoms with Crippen LogP contribution in [0.3, 0.4) is 0 Å². The molecule has 0 bridgehead atoms. The summed E-state index contributed by atoms with van der Waals surface area (Å²) in [6.07, 6.45) is 7.60. The van der Waals surface area contributed by atoms with Crippen LogP contribution in [0.5, 0.6) is 0 Å². The molecule has 2 aliphatic heterocycles. The lowest BCUT2D eigenvalue weighted by Gasteiger charge is -2.37. The Bertz CT molecular complexity index is 485. The molecule has 142 valence electrons. The lowest BCUT2D eigenvalue weighted by Crippen LogP contribution is -2.45. The fourth-order valence-electron chi connectivity index (χ4n) is 3.99. The first kappa shape index (κ1) is 20.0. The summed E-state index contributed by atoms with van der Waals surface area (Å²) >= 11 is 0. The molecule has 2 fully saturated rings. The van der Waals surface area contributed by atoms with Gasteiger partial charge in [-0.05, 0) is 59.0 Å². The van der Waals surface area contributed by atoms with Gasteiger partial charge in [0.1, 0.15) is 0 Å². The van der Waals surface area contributed by atoms with Crippen molar-refractivity contribution >= 4 is 11.8 Å². The van der Waals surface area contributed by atoms with Gasteiger partial charge in [-0.1, -0.05) is 13.0 Å². The Morgan fingerprint density at radius 3 is 2.08 bits per heavy atom. The molecule has 2 aliphatic rings. The van der Waals surface area contributed by atoms with Gasteiger partial charge in [-0.25, -0.2) is 0 Å². The molecule has 5 nitrogen and oxygen atoms in total. The summed E-state index contributed by atoms with van der Waals surface area (Å²) in [7, 11) is 4.24. The lowest BCUT2D eigenvalue weighted by atomic mass is 9.92. The maximum Gasteiger partial charge on any atom is 0.249 e. The van der Waals surface area contributed by atoms with Crippen LogP contribution in [0.25, 0.3) is 0 Å². The summed E-state index contributed by atoms with van der Waals surface area (Å²) in [5.74, 6) is 0.903. The molecule has 0 saturated carbocycles. The second-order valence-electron chi connectivity index (χ2n) is 7.81. The minimum atomic E-state index is 0.164. The van der Waals surface area contributed by atoms with E-state index in [1.165, 1.54) is 0 Å². The first-order valence-corrected chi connectivity index (χ1v) is 9.82. The van der Waals surface area contributed by atoms with Crippen LogP contribution < -0.4 is 0 Å². The number of hydrogen-bond donors (Lipinski definition) is 0. The highest BCUT2D eigenvalue weighted by Crippen LogP contribution is 2.24. The van der Waals surface area contributed by atoms with E-state index in [1.54, 1.807) is 0 Å². The normalized spacial score (nSPS) is 21.1. The number of rotatable bonds is 5. The average Bonchev–Trinajstić information content (AvgIpc) is 2.62. The van der Waals surface area contributed by atoms with Crippen molar-refractivity contribution in [3.63, 3.8) is 0 Å². The molecule has 2 saturated heterocycles. The van der Waals surface area contributed by atoms with Crippen LogP contribution in [0, 0.1) is 5.92 Å². The predicted molar refractivity (Wildman–Crippen MR) is 101 cm³/mol. The van der Waals surface area contributed by atoms with Crippen LogP contribution in [-0.2, 0) is 9.59 Å². The molecule has 2 rings (SSSR count). The SMILES string of the molecule is CC/C=C(\C)C(=O)N1CCC(CC(=O)N2CCC(N(C)C)CC2)CC1. The third-order valence-corrected chi connectivity index (χ3v) is 5.76. The third kappa shape index (κ3) is 5.56. The van der Waals surface area contributed by atoms with Gasteiger partial charge in [0.25, 0.3) is 0 Å². The van der Waals surface area contributed by atoms with Crippen molar-refractivity contribution in [1.82, 2.24) is 14.7 Å². The minimum absolute atomic E-state index is 0.164. The van der Waals surface area contributed by atoms with E-state index in [-0.39, 0.29) is 5.91 Å². The van der Waals surface area contributed by atoms with E-state index in [2.05, 4.69) is 25.9 Å². The number of allylic oxidation sites excluding steroid dienone is 1. The van der Waals surface area contributed by atoms with Crippen LogP contribution in [0.1, 0.15) is 52.4 Å². The van der Waals surface area contributed by atoms with Gasteiger partial charge >= 0.3 is 0 Å². The molecule has 25 heavy (non-hydrogen) atoms. The second-order valence-corrected chi connectivity index (χ2v) is 7.81. The number of hydrogen-bond acceptors (Lipinski definition) is 3. The number of nitrogens with zero attached hydrogens (tertiary/aromatic N) is 3. The molecule has 0 aliphatic carbocycles. The maximum atomic E-state index is 12.6. The van der Waals surface area contributed by atoms with Crippen molar-refractivity contribution < 1.29 is 9.59 Å². The van der Waals surface area contributed by atoms with E-state index in [0.717, 1.165) is 63.9 Å². The smallest absolute Gasteiger partial charge is 0.249 e. The minimum Gasteiger partial charge on any atom is -0.343 e. The van der Waals surface area contributed by atoms with Gasteiger partial charge in [0.2, 0.25) is 11.8 Å². The Hall–Kier alpha value is -1.36. The zero-order valence-electron chi connectivity index (χ0n) is 16.5. The number of carbonyl (C=O) groups excluding carboxylic acids is 2. The van der Waals surface area contributed by atoms with E-state index in [9.17, 15) is 9.59 Å². The first-order valence-electron chi connectivity index (χ1n) is 9.82. The van der Waals surface area contributed by atoms with Gasteiger partial charge in [-0.2, -0.15) is 0 Å². The zero-order valence-corrected chi connectivity index (χ0v) is 16.5. The molecule has 2 heterocycles. The number of piperidine rings is 2. The first-order chi connectivity index (χ1) is 11.9. The zero-order chi connectivity index (χ0) is 18.4. The molecule has 0 unspecified atom stereocenters. The van der Waals surface area contributed by atoms with Gasteiger partial charge < -0.3 is 14.7 Å². The van der Waals surface area contributed by atoms with Gasteiger partial charge in [0.05, 0.1) is 0 Å². The summed E-state index contributed by atoms with van der Waals surface area (Å²) in [5, 5.41) is 0. The van der Waals surface area contributed by atoms with Crippen molar-refractivity contribution in [3.05, 3.63) is 11.6 Å². The molecule has 0 N–H and O–H groups in total. The molecule has 5 heteroatoms. The highest BCUT2D eigenvalue weighted by Gasteiger charge is 2.28. The molecule has 0 spiro atoms. The lowest BCUT2D eigenvalue weighted by molar-refractivity contribution is -0.134. The van der Waals surface area contributed by atoms with Crippen molar-refractivity contribution in [3.8, 4) is 0 Å². The molecule has 0 atom stereocenters. The Labute approximate surface area is 153 Å². The molecule has 0 aromatic rings. The van der Waals surface area contributed by atoms with Crippen molar-refractivity contribution in [2.45, 2.75) is 58.4 Å². The number of amides is 2. The fraction of sp³-hybridized carbons (Fsp3) is 0.800. The van der Waals surface area contributed by atoms with Crippen LogP contribution in [-0.4, -0.2) is 72.8 Å². The Morgan fingerprint density at radius 1 is 1.00 bits per heavy atom. The van der Waals surface area contributed by atoms with Crippen LogP contribution >= 0.6 is 0 Å². The molecular formula is C20H35N3O2. The van der Waals surface area contributed by atoms with E-state index in [0.29, 0.717) is 24.3 Å². The fourth-order valence-corrected chi connectivity index (χ4v) is 3.99. The van der Waals surface area contributed by atoms with E-state index in [1.807, 2.05) is 22.8 Å². The molecule has 0 aromatic heterocycles. The summed E-state index contributed by atoms with van der Waals surface area (Å²) in [6.45, 7) is 7.30.